The first-order chi connectivity index (χ1) is 19.6. The fourth-order valence-corrected chi connectivity index (χ4v) is 6.35. The SMILES string of the molecule is Cc1ccc(S(=O)(=O)n2c(C(C)NC(=S)Nc3ccc(NC(=O)c4ccccc4F)cc3)cc3ccccc32)cc1. The van der Waals surface area contributed by atoms with E-state index in [2.05, 4.69) is 16.0 Å². The third-order valence-electron chi connectivity index (χ3n) is 6.56. The summed E-state index contributed by atoms with van der Waals surface area (Å²) in [6, 6.07) is 28.0. The van der Waals surface area contributed by atoms with Gasteiger partial charge in [-0.05, 0) is 86.7 Å². The Hall–Kier alpha value is -4.54. The Balaban J connectivity index is 1.32. The molecule has 0 saturated carbocycles. The van der Waals surface area contributed by atoms with Gasteiger partial charge in [-0.15, -0.1) is 0 Å². The molecule has 208 valence electrons. The van der Waals surface area contributed by atoms with E-state index in [0.29, 0.717) is 22.6 Å². The van der Waals surface area contributed by atoms with Crippen LogP contribution in [0.25, 0.3) is 10.9 Å². The summed E-state index contributed by atoms with van der Waals surface area (Å²) in [6.45, 7) is 3.74. The van der Waals surface area contributed by atoms with Crippen LogP contribution in [0.4, 0.5) is 15.8 Å². The van der Waals surface area contributed by atoms with E-state index in [0.717, 1.165) is 10.9 Å². The second kappa shape index (κ2) is 11.5. The van der Waals surface area contributed by atoms with Crippen molar-refractivity contribution in [2.45, 2.75) is 24.8 Å². The Morgan fingerprint density at radius 3 is 2.15 bits per heavy atom. The van der Waals surface area contributed by atoms with E-state index >= 15 is 0 Å². The molecule has 41 heavy (non-hydrogen) atoms. The Bertz CT molecular complexity index is 1850. The van der Waals surface area contributed by atoms with Gasteiger partial charge in [-0.2, -0.15) is 0 Å². The summed E-state index contributed by atoms with van der Waals surface area (Å²) < 4.78 is 42.8. The Morgan fingerprint density at radius 2 is 1.46 bits per heavy atom. The van der Waals surface area contributed by atoms with Crippen molar-refractivity contribution >= 4 is 55.5 Å². The first kappa shape index (κ1) is 28.0. The molecule has 0 aliphatic heterocycles. The standard InChI is InChI=1S/C31H27FN4O3S2/c1-20-11-17-25(18-12-20)41(38,39)36-28-10-6-3-7-22(28)19-29(36)21(2)33-31(40)35-24-15-13-23(14-16-24)34-30(37)26-8-4-5-9-27(26)32/h3-19,21H,1-2H3,(H,34,37)(H2,33,35,40). The molecule has 0 fully saturated rings. The number of aryl methyl sites for hydroxylation is 1. The third kappa shape index (κ3) is 5.98. The van der Waals surface area contributed by atoms with Gasteiger partial charge in [-0.25, -0.2) is 16.8 Å². The molecule has 5 aromatic rings. The van der Waals surface area contributed by atoms with E-state index in [1.165, 1.54) is 22.2 Å². The second-order valence-corrected chi connectivity index (χ2v) is 11.7. The Kier molecular flexibility index (Phi) is 7.87. The lowest BCUT2D eigenvalue weighted by molar-refractivity contribution is 0.102. The van der Waals surface area contributed by atoms with Crippen molar-refractivity contribution < 1.29 is 17.6 Å². The van der Waals surface area contributed by atoms with Crippen molar-refractivity contribution in [1.29, 1.82) is 0 Å². The van der Waals surface area contributed by atoms with Gasteiger partial charge >= 0.3 is 0 Å². The summed E-state index contributed by atoms with van der Waals surface area (Å²) in [5, 5.41) is 10.0. The normalized spacial score (nSPS) is 12.1. The first-order valence-electron chi connectivity index (χ1n) is 12.8. The number of aromatic nitrogens is 1. The Labute approximate surface area is 243 Å². The lowest BCUT2D eigenvalue weighted by atomic mass is 10.2. The monoisotopic (exact) mass is 586 g/mol. The van der Waals surface area contributed by atoms with Gasteiger partial charge in [0, 0.05) is 16.8 Å². The molecule has 5 rings (SSSR count). The topological polar surface area (TPSA) is 92.2 Å². The second-order valence-electron chi connectivity index (χ2n) is 9.54. The first-order valence-corrected chi connectivity index (χ1v) is 14.6. The van der Waals surface area contributed by atoms with Crippen molar-refractivity contribution in [2.75, 3.05) is 10.6 Å². The largest absolute Gasteiger partial charge is 0.354 e. The van der Waals surface area contributed by atoms with Crippen LogP contribution in [0.3, 0.4) is 0 Å². The predicted octanol–water partition coefficient (Wildman–Crippen LogP) is 6.63. The summed E-state index contributed by atoms with van der Waals surface area (Å²) in [5.41, 5.74) is 3.16. The summed E-state index contributed by atoms with van der Waals surface area (Å²) in [6.07, 6.45) is 0. The van der Waals surface area contributed by atoms with Crippen LogP contribution in [0.2, 0.25) is 0 Å². The van der Waals surface area contributed by atoms with Crippen LogP contribution in [0, 0.1) is 12.7 Å². The average molecular weight is 587 g/mol. The highest BCUT2D eigenvalue weighted by molar-refractivity contribution is 7.90. The van der Waals surface area contributed by atoms with Crippen molar-refractivity contribution in [2.24, 2.45) is 0 Å². The van der Waals surface area contributed by atoms with Gasteiger partial charge in [0.1, 0.15) is 5.82 Å². The smallest absolute Gasteiger partial charge is 0.268 e. The lowest BCUT2D eigenvalue weighted by Gasteiger charge is -2.20. The number of thiocarbonyl (C=S) groups is 1. The van der Waals surface area contributed by atoms with E-state index in [4.69, 9.17) is 12.2 Å². The minimum Gasteiger partial charge on any atom is -0.354 e. The van der Waals surface area contributed by atoms with Crippen LogP contribution >= 0.6 is 12.2 Å². The van der Waals surface area contributed by atoms with Crippen LogP contribution in [-0.4, -0.2) is 23.4 Å². The molecule has 1 amide bonds. The molecule has 1 aromatic heterocycles. The molecule has 4 aromatic carbocycles. The van der Waals surface area contributed by atoms with Crippen molar-refractivity contribution in [3.05, 3.63) is 126 Å². The number of nitrogens with zero attached hydrogens (tertiary/aromatic N) is 1. The molecule has 0 bridgehead atoms. The maximum absolute atomic E-state index is 13.9. The maximum Gasteiger partial charge on any atom is 0.268 e. The molecule has 0 spiro atoms. The van der Waals surface area contributed by atoms with Crippen LogP contribution in [0.5, 0.6) is 0 Å². The quantitative estimate of drug-likeness (QED) is 0.186. The maximum atomic E-state index is 13.9. The number of carbonyl (C=O) groups excluding carboxylic acids is 1. The van der Waals surface area contributed by atoms with Crippen LogP contribution in [-0.2, 0) is 10.0 Å². The number of fused-ring (bicyclic) bond motifs is 1. The number of nitrogens with one attached hydrogen (secondary N) is 3. The number of anilines is 2. The van der Waals surface area contributed by atoms with E-state index in [1.807, 2.05) is 32.0 Å². The summed E-state index contributed by atoms with van der Waals surface area (Å²) in [7, 11) is -3.89. The molecular formula is C31H27FN4O3S2. The molecular weight excluding hydrogens is 559 g/mol. The summed E-state index contributed by atoms with van der Waals surface area (Å²) in [4.78, 5) is 12.6. The van der Waals surface area contributed by atoms with Crippen LogP contribution in [0.1, 0.15) is 34.6 Å². The van der Waals surface area contributed by atoms with Gasteiger partial charge in [0.25, 0.3) is 15.9 Å². The number of benzene rings is 4. The number of rotatable bonds is 7. The molecule has 0 saturated heterocycles. The van der Waals surface area contributed by atoms with Crippen molar-refractivity contribution in [1.82, 2.24) is 9.29 Å². The molecule has 1 atom stereocenters. The van der Waals surface area contributed by atoms with Crippen LogP contribution in [0.15, 0.2) is 108 Å². The molecule has 10 heteroatoms. The summed E-state index contributed by atoms with van der Waals surface area (Å²) >= 11 is 5.53. The fraction of sp³-hybridized carbons (Fsp3) is 0.0968. The van der Waals surface area contributed by atoms with Gasteiger partial charge in [0.05, 0.1) is 27.7 Å². The molecule has 7 nitrogen and oxygen atoms in total. The number of hydrogen-bond acceptors (Lipinski definition) is 4. The zero-order valence-corrected chi connectivity index (χ0v) is 23.9. The number of carbonyl (C=O) groups is 1. The van der Waals surface area contributed by atoms with Gasteiger partial charge < -0.3 is 16.0 Å². The fourth-order valence-electron chi connectivity index (χ4n) is 4.45. The number of halogens is 1. The van der Waals surface area contributed by atoms with E-state index in [9.17, 15) is 17.6 Å². The highest BCUT2D eigenvalue weighted by Crippen LogP contribution is 2.29. The lowest BCUT2D eigenvalue weighted by Crippen LogP contribution is -2.32. The molecule has 0 radical (unpaired) electrons. The van der Waals surface area contributed by atoms with E-state index in [-0.39, 0.29) is 15.6 Å². The van der Waals surface area contributed by atoms with Crippen LogP contribution < -0.4 is 16.0 Å². The minimum atomic E-state index is -3.89. The molecule has 0 aliphatic carbocycles. The zero-order valence-electron chi connectivity index (χ0n) is 22.3. The van der Waals surface area contributed by atoms with Crippen molar-refractivity contribution in [3.63, 3.8) is 0 Å². The molecule has 1 unspecified atom stereocenters. The number of hydrogen-bond donors (Lipinski definition) is 3. The highest BCUT2D eigenvalue weighted by Gasteiger charge is 2.26. The third-order valence-corrected chi connectivity index (χ3v) is 8.54. The van der Waals surface area contributed by atoms with Gasteiger partial charge in [-0.1, -0.05) is 48.0 Å². The van der Waals surface area contributed by atoms with E-state index < -0.39 is 27.8 Å². The minimum absolute atomic E-state index is 0.0455. The molecule has 3 N–H and O–H groups in total. The number of para-hydroxylation sites is 1. The average Bonchev–Trinajstić information content (AvgIpc) is 3.35. The predicted molar refractivity (Wildman–Crippen MR) is 164 cm³/mol. The van der Waals surface area contributed by atoms with Gasteiger partial charge in [0.2, 0.25) is 0 Å². The molecule has 1 heterocycles. The summed E-state index contributed by atoms with van der Waals surface area (Å²) in [5.74, 6) is -1.15. The van der Waals surface area contributed by atoms with Gasteiger partial charge in [0.15, 0.2) is 5.11 Å². The van der Waals surface area contributed by atoms with Gasteiger partial charge in [-0.3, -0.25) is 4.79 Å². The Morgan fingerprint density at radius 1 is 0.854 bits per heavy atom. The zero-order chi connectivity index (χ0) is 29.1. The van der Waals surface area contributed by atoms with Crippen molar-refractivity contribution in [3.8, 4) is 0 Å². The number of amides is 1. The highest BCUT2D eigenvalue weighted by atomic mass is 32.2. The molecule has 0 aliphatic rings. The van der Waals surface area contributed by atoms with E-state index in [1.54, 1.807) is 66.7 Å².